The Bertz CT molecular complexity index is 111. The molecule has 86 valence electrons. The summed E-state index contributed by atoms with van der Waals surface area (Å²) < 4.78 is 0. The van der Waals surface area contributed by atoms with Gasteiger partial charge in [0.25, 0.3) is 0 Å². The predicted molar refractivity (Wildman–Crippen MR) is 64.5 cm³/mol. The lowest BCUT2D eigenvalue weighted by atomic mass is 10.1. The van der Waals surface area contributed by atoms with Crippen LogP contribution in [0.3, 0.4) is 0 Å². The van der Waals surface area contributed by atoms with Crippen LogP contribution in [0.1, 0.15) is 52.4 Å². The molecular formula is C12H28N2. The molecular weight excluding hydrogens is 172 g/mol. The van der Waals surface area contributed by atoms with E-state index in [4.69, 9.17) is 5.73 Å². The molecule has 0 radical (unpaired) electrons. The zero-order valence-corrected chi connectivity index (χ0v) is 10.3. The number of nitrogens with two attached hydrogens (primary N) is 1. The van der Waals surface area contributed by atoms with E-state index < -0.39 is 0 Å². The van der Waals surface area contributed by atoms with Crippen molar-refractivity contribution < 1.29 is 0 Å². The van der Waals surface area contributed by atoms with Crippen molar-refractivity contribution >= 4 is 0 Å². The summed E-state index contributed by atoms with van der Waals surface area (Å²) in [5.41, 5.74) is 5.45. The van der Waals surface area contributed by atoms with Gasteiger partial charge >= 0.3 is 0 Å². The molecule has 0 saturated heterocycles. The average Bonchev–Trinajstić information content (AvgIpc) is 2.19. The second kappa shape index (κ2) is 9.47. The van der Waals surface area contributed by atoms with Crippen molar-refractivity contribution in [1.29, 1.82) is 0 Å². The summed E-state index contributed by atoms with van der Waals surface area (Å²) in [4.78, 5) is 2.50. The quantitative estimate of drug-likeness (QED) is 0.580. The molecule has 0 heterocycles. The molecule has 0 aromatic heterocycles. The topological polar surface area (TPSA) is 29.3 Å². The van der Waals surface area contributed by atoms with Crippen LogP contribution < -0.4 is 5.73 Å². The Balaban J connectivity index is 3.37. The van der Waals surface area contributed by atoms with Crippen LogP contribution in [0.5, 0.6) is 0 Å². The van der Waals surface area contributed by atoms with Crippen LogP contribution in [0.4, 0.5) is 0 Å². The zero-order chi connectivity index (χ0) is 10.8. The monoisotopic (exact) mass is 200 g/mol. The molecule has 14 heavy (non-hydrogen) atoms. The van der Waals surface area contributed by atoms with Crippen molar-refractivity contribution in [2.75, 3.05) is 20.1 Å². The Morgan fingerprint density at radius 1 is 1.00 bits per heavy atom. The summed E-state index contributed by atoms with van der Waals surface area (Å²) in [6.45, 7) is 6.65. The minimum absolute atomic E-state index is 0.782. The summed E-state index contributed by atoms with van der Waals surface area (Å²) in [5.74, 6) is 0. The van der Waals surface area contributed by atoms with Gasteiger partial charge in [-0.3, -0.25) is 0 Å². The smallest absolute Gasteiger partial charge is 0.00869 e. The number of rotatable bonds is 9. The molecule has 2 nitrogen and oxygen atoms in total. The van der Waals surface area contributed by atoms with Crippen LogP contribution in [-0.4, -0.2) is 31.1 Å². The third-order valence-electron chi connectivity index (χ3n) is 3.03. The van der Waals surface area contributed by atoms with E-state index in [0.29, 0.717) is 0 Å². The fourth-order valence-electron chi connectivity index (χ4n) is 1.95. The standard InChI is InChI=1S/C12H28N2/c1-4-12(5-2)14(3)11-9-7-6-8-10-13/h12H,4-11,13H2,1-3H3. The average molecular weight is 200 g/mol. The van der Waals surface area contributed by atoms with Gasteiger partial charge in [-0.1, -0.05) is 26.7 Å². The molecule has 0 unspecified atom stereocenters. The van der Waals surface area contributed by atoms with Crippen LogP contribution in [0.15, 0.2) is 0 Å². The molecule has 0 spiro atoms. The van der Waals surface area contributed by atoms with Gasteiger partial charge in [0, 0.05) is 6.04 Å². The zero-order valence-electron chi connectivity index (χ0n) is 10.3. The Hall–Kier alpha value is -0.0800. The van der Waals surface area contributed by atoms with Crippen molar-refractivity contribution in [3.8, 4) is 0 Å². The second-order valence-corrected chi connectivity index (χ2v) is 4.15. The molecule has 0 fully saturated rings. The van der Waals surface area contributed by atoms with E-state index in [1.54, 1.807) is 0 Å². The van der Waals surface area contributed by atoms with Gasteiger partial charge in [-0.15, -0.1) is 0 Å². The summed E-state index contributed by atoms with van der Waals surface area (Å²) in [6.07, 6.45) is 7.70. The maximum atomic E-state index is 5.45. The van der Waals surface area contributed by atoms with Crippen LogP contribution in [0.25, 0.3) is 0 Å². The third kappa shape index (κ3) is 6.39. The molecule has 0 atom stereocenters. The first kappa shape index (κ1) is 13.9. The molecule has 2 N–H and O–H groups in total. The third-order valence-corrected chi connectivity index (χ3v) is 3.03. The Labute approximate surface area is 89.9 Å². The molecule has 0 aliphatic rings. The first-order valence-corrected chi connectivity index (χ1v) is 6.16. The Morgan fingerprint density at radius 3 is 2.07 bits per heavy atom. The van der Waals surface area contributed by atoms with Gasteiger partial charge in [0.05, 0.1) is 0 Å². The molecule has 2 heteroatoms. The SMILES string of the molecule is CCC(CC)N(C)CCCCCCN. The first-order valence-electron chi connectivity index (χ1n) is 6.16. The van der Waals surface area contributed by atoms with Crippen molar-refractivity contribution in [3.05, 3.63) is 0 Å². The lowest BCUT2D eigenvalue weighted by Gasteiger charge is -2.25. The Morgan fingerprint density at radius 2 is 1.57 bits per heavy atom. The second-order valence-electron chi connectivity index (χ2n) is 4.15. The maximum absolute atomic E-state index is 5.45. The van der Waals surface area contributed by atoms with Crippen molar-refractivity contribution in [1.82, 2.24) is 4.90 Å². The van der Waals surface area contributed by atoms with E-state index in [2.05, 4.69) is 25.8 Å². The van der Waals surface area contributed by atoms with Gasteiger partial charge in [0.2, 0.25) is 0 Å². The highest BCUT2D eigenvalue weighted by Gasteiger charge is 2.08. The first-order chi connectivity index (χ1) is 6.76. The number of unbranched alkanes of at least 4 members (excludes halogenated alkanes) is 3. The number of hydrogen-bond acceptors (Lipinski definition) is 2. The van der Waals surface area contributed by atoms with Crippen LogP contribution >= 0.6 is 0 Å². The summed E-state index contributed by atoms with van der Waals surface area (Å²) in [5, 5.41) is 0. The maximum Gasteiger partial charge on any atom is 0.00869 e. The molecule has 0 amide bonds. The molecule has 0 aliphatic carbocycles. The van der Waals surface area contributed by atoms with Crippen molar-refractivity contribution in [2.24, 2.45) is 5.73 Å². The molecule has 0 aliphatic heterocycles. The van der Waals surface area contributed by atoms with E-state index in [0.717, 1.165) is 12.6 Å². The van der Waals surface area contributed by atoms with Gasteiger partial charge < -0.3 is 10.6 Å². The molecule has 0 aromatic carbocycles. The minimum atomic E-state index is 0.782. The van der Waals surface area contributed by atoms with Gasteiger partial charge in [-0.25, -0.2) is 0 Å². The van der Waals surface area contributed by atoms with E-state index in [-0.39, 0.29) is 0 Å². The van der Waals surface area contributed by atoms with E-state index in [1.165, 1.54) is 45.1 Å². The van der Waals surface area contributed by atoms with Gasteiger partial charge in [-0.05, 0) is 45.8 Å². The highest BCUT2D eigenvalue weighted by atomic mass is 15.1. The highest BCUT2D eigenvalue weighted by Crippen LogP contribution is 2.08. The van der Waals surface area contributed by atoms with Gasteiger partial charge in [0.15, 0.2) is 0 Å². The molecule has 0 rings (SSSR count). The van der Waals surface area contributed by atoms with Crippen LogP contribution in [-0.2, 0) is 0 Å². The fraction of sp³-hybridized carbons (Fsp3) is 1.00. The number of hydrogen-bond donors (Lipinski definition) is 1. The fourth-order valence-corrected chi connectivity index (χ4v) is 1.95. The minimum Gasteiger partial charge on any atom is -0.330 e. The largest absolute Gasteiger partial charge is 0.330 e. The number of nitrogens with zero attached hydrogens (tertiary/aromatic N) is 1. The van der Waals surface area contributed by atoms with Crippen molar-refractivity contribution in [2.45, 2.75) is 58.4 Å². The van der Waals surface area contributed by atoms with Crippen LogP contribution in [0.2, 0.25) is 0 Å². The van der Waals surface area contributed by atoms with E-state index >= 15 is 0 Å². The van der Waals surface area contributed by atoms with E-state index in [1.807, 2.05) is 0 Å². The normalized spacial score (nSPS) is 11.6. The summed E-state index contributed by atoms with van der Waals surface area (Å²) in [6, 6.07) is 0.782. The molecule has 0 bridgehead atoms. The van der Waals surface area contributed by atoms with E-state index in [9.17, 15) is 0 Å². The van der Waals surface area contributed by atoms with Gasteiger partial charge in [0.1, 0.15) is 0 Å². The van der Waals surface area contributed by atoms with Crippen LogP contribution in [0, 0.1) is 0 Å². The molecule has 0 saturated carbocycles. The highest BCUT2D eigenvalue weighted by molar-refractivity contribution is 4.64. The summed E-state index contributed by atoms with van der Waals surface area (Å²) in [7, 11) is 2.25. The lowest BCUT2D eigenvalue weighted by Crippen LogP contribution is -2.31. The Kier molecular flexibility index (Phi) is 9.42. The van der Waals surface area contributed by atoms with Crippen molar-refractivity contribution in [3.63, 3.8) is 0 Å². The predicted octanol–water partition coefficient (Wildman–Crippen LogP) is 2.63. The molecule has 0 aromatic rings. The lowest BCUT2D eigenvalue weighted by molar-refractivity contribution is 0.225. The summed E-state index contributed by atoms with van der Waals surface area (Å²) >= 11 is 0. The van der Waals surface area contributed by atoms with Gasteiger partial charge in [-0.2, -0.15) is 0 Å².